The third-order valence-electron chi connectivity index (χ3n) is 4.54. The van der Waals surface area contributed by atoms with Gasteiger partial charge >= 0.3 is 0 Å². The lowest BCUT2D eigenvalue weighted by Crippen LogP contribution is -2.12. The van der Waals surface area contributed by atoms with Gasteiger partial charge in [-0.3, -0.25) is 0 Å². The molecule has 0 fully saturated rings. The normalized spacial score (nSPS) is 10.9. The molecule has 0 atom stereocenters. The van der Waals surface area contributed by atoms with Crippen LogP contribution in [0, 0.1) is 0 Å². The van der Waals surface area contributed by atoms with E-state index in [1.165, 1.54) is 62.3 Å². The molecule has 0 radical (unpaired) electrons. The molecule has 2 nitrogen and oxygen atoms in total. The maximum absolute atomic E-state index is 5.91. The molecule has 2 rings (SSSR count). The minimum absolute atomic E-state index is 0. The van der Waals surface area contributed by atoms with Gasteiger partial charge in [0.25, 0.3) is 0 Å². The fourth-order valence-corrected chi connectivity index (χ4v) is 3.44. The molecule has 0 aromatic heterocycles. The molecular formula is C22H33BrClNO. The average molecular weight is 443 g/mol. The summed E-state index contributed by atoms with van der Waals surface area (Å²) in [5.74, 6) is 0.982. The minimum atomic E-state index is 0. The Morgan fingerprint density at radius 1 is 0.769 bits per heavy atom. The lowest BCUT2D eigenvalue weighted by atomic mass is 10.1. The maximum Gasteiger partial charge on any atom is 0.119 e. The highest BCUT2D eigenvalue weighted by Crippen LogP contribution is 2.24. The van der Waals surface area contributed by atoms with E-state index in [0.29, 0.717) is 0 Å². The topological polar surface area (TPSA) is 12.5 Å². The van der Waals surface area contributed by atoms with Crippen LogP contribution in [-0.4, -0.2) is 32.1 Å². The van der Waals surface area contributed by atoms with Gasteiger partial charge in [-0.15, -0.1) is 12.4 Å². The zero-order valence-electron chi connectivity index (χ0n) is 16.2. The van der Waals surface area contributed by atoms with Gasteiger partial charge in [0.2, 0.25) is 0 Å². The van der Waals surface area contributed by atoms with Crippen LogP contribution in [0.15, 0.2) is 40.9 Å². The molecule has 0 aliphatic carbocycles. The number of hydrogen-bond donors (Lipinski definition) is 0. The molecule has 2 aromatic rings. The zero-order chi connectivity index (χ0) is 17.9. The first-order valence-corrected chi connectivity index (χ1v) is 10.4. The van der Waals surface area contributed by atoms with Crippen LogP contribution in [0.5, 0.6) is 5.75 Å². The standard InChI is InChI=1S/C22H32BrNO.ClH/c1-24(2)15-9-7-5-3-4-6-8-10-16-25-22-14-12-19-17-21(23)13-11-20(19)18-22;/h11-14,17-18H,3-10,15-16H2,1-2H3;1H. The molecule has 0 aliphatic rings. The first-order chi connectivity index (χ1) is 12.1. The molecule has 0 spiro atoms. The summed E-state index contributed by atoms with van der Waals surface area (Å²) in [4.78, 5) is 2.27. The van der Waals surface area contributed by atoms with Gasteiger partial charge in [0, 0.05) is 4.47 Å². The van der Waals surface area contributed by atoms with E-state index in [4.69, 9.17) is 4.74 Å². The molecule has 0 bridgehead atoms. The highest BCUT2D eigenvalue weighted by Gasteiger charge is 1.99. The number of benzene rings is 2. The smallest absolute Gasteiger partial charge is 0.119 e. The molecule has 0 aliphatic heterocycles. The van der Waals surface area contributed by atoms with E-state index in [9.17, 15) is 0 Å². The SMILES string of the molecule is CN(C)CCCCCCCCCCOc1ccc2cc(Br)ccc2c1.Cl. The van der Waals surface area contributed by atoms with Crippen LogP contribution in [0.3, 0.4) is 0 Å². The van der Waals surface area contributed by atoms with Crippen LogP contribution in [0.4, 0.5) is 0 Å². The second kappa shape index (κ2) is 13.4. The lowest BCUT2D eigenvalue weighted by Gasteiger charge is -2.09. The summed E-state index contributed by atoms with van der Waals surface area (Å²) in [6.07, 6.45) is 10.6. The first kappa shape index (κ1) is 23.3. The highest BCUT2D eigenvalue weighted by molar-refractivity contribution is 9.10. The fraction of sp³-hybridized carbons (Fsp3) is 0.545. The summed E-state index contributed by atoms with van der Waals surface area (Å²) in [6.45, 7) is 2.05. The van der Waals surface area contributed by atoms with E-state index in [1.54, 1.807) is 0 Å². The zero-order valence-corrected chi connectivity index (χ0v) is 18.6. The van der Waals surface area contributed by atoms with Gasteiger partial charge in [0.15, 0.2) is 0 Å². The molecule has 0 unspecified atom stereocenters. The van der Waals surface area contributed by atoms with E-state index < -0.39 is 0 Å². The summed E-state index contributed by atoms with van der Waals surface area (Å²) in [5.41, 5.74) is 0. The number of rotatable bonds is 12. The molecule has 4 heteroatoms. The number of ether oxygens (including phenoxy) is 1. The number of fused-ring (bicyclic) bond motifs is 1. The van der Waals surface area contributed by atoms with Crippen molar-refractivity contribution in [2.24, 2.45) is 0 Å². The lowest BCUT2D eigenvalue weighted by molar-refractivity contribution is 0.304. The molecule has 2 aromatic carbocycles. The summed E-state index contributed by atoms with van der Waals surface area (Å²) < 4.78 is 7.03. The van der Waals surface area contributed by atoms with Gasteiger partial charge in [-0.1, -0.05) is 66.6 Å². The van der Waals surface area contributed by atoms with Crippen molar-refractivity contribution in [1.82, 2.24) is 4.90 Å². The van der Waals surface area contributed by atoms with E-state index in [-0.39, 0.29) is 12.4 Å². The van der Waals surface area contributed by atoms with Crippen LogP contribution >= 0.6 is 28.3 Å². The van der Waals surface area contributed by atoms with Crippen molar-refractivity contribution < 1.29 is 4.74 Å². The van der Waals surface area contributed by atoms with Gasteiger partial charge in [0.1, 0.15) is 5.75 Å². The third-order valence-corrected chi connectivity index (χ3v) is 5.04. The van der Waals surface area contributed by atoms with Gasteiger partial charge in [-0.25, -0.2) is 0 Å². The molecule has 0 saturated heterocycles. The van der Waals surface area contributed by atoms with E-state index >= 15 is 0 Å². The Labute approximate surface area is 173 Å². The number of nitrogens with zero attached hydrogens (tertiary/aromatic N) is 1. The summed E-state index contributed by atoms with van der Waals surface area (Å²) in [6, 6.07) is 12.7. The molecule has 146 valence electrons. The Balaban J connectivity index is 0.00000338. The molecule has 26 heavy (non-hydrogen) atoms. The summed E-state index contributed by atoms with van der Waals surface area (Å²) in [7, 11) is 4.30. The Morgan fingerprint density at radius 2 is 1.35 bits per heavy atom. The minimum Gasteiger partial charge on any atom is -0.494 e. The number of unbranched alkanes of at least 4 members (excludes halogenated alkanes) is 7. The average Bonchev–Trinajstić information content (AvgIpc) is 2.59. The number of hydrogen-bond acceptors (Lipinski definition) is 2. The van der Waals surface area contributed by atoms with Crippen LogP contribution in [0.1, 0.15) is 51.4 Å². The maximum atomic E-state index is 5.91. The summed E-state index contributed by atoms with van der Waals surface area (Å²) >= 11 is 3.51. The van der Waals surface area contributed by atoms with Crippen molar-refractivity contribution in [3.8, 4) is 5.75 Å². The van der Waals surface area contributed by atoms with Crippen LogP contribution in [0.2, 0.25) is 0 Å². The van der Waals surface area contributed by atoms with Crippen molar-refractivity contribution in [2.75, 3.05) is 27.2 Å². The van der Waals surface area contributed by atoms with Crippen molar-refractivity contribution in [3.63, 3.8) is 0 Å². The van der Waals surface area contributed by atoms with Crippen LogP contribution in [-0.2, 0) is 0 Å². The molecule has 0 amide bonds. The second-order valence-electron chi connectivity index (χ2n) is 7.13. The highest BCUT2D eigenvalue weighted by atomic mass is 79.9. The third kappa shape index (κ3) is 9.25. The van der Waals surface area contributed by atoms with Crippen molar-refractivity contribution in [2.45, 2.75) is 51.4 Å². The molecular weight excluding hydrogens is 410 g/mol. The monoisotopic (exact) mass is 441 g/mol. The largest absolute Gasteiger partial charge is 0.494 e. The van der Waals surface area contributed by atoms with Crippen molar-refractivity contribution in [3.05, 3.63) is 40.9 Å². The molecule has 0 heterocycles. The predicted octanol–water partition coefficient (Wildman–Crippen LogP) is 7.09. The quantitative estimate of drug-likeness (QED) is 0.325. The first-order valence-electron chi connectivity index (χ1n) is 9.62. The van der Waals surface area contributed by atoms with E-state index in [2.05, 4.69) is 71.3 Å². The molecule has 0 N–H and O–H groups in total. The Morgan fingerprint density at radius 3 is 2.04 bits per heavy atom. The van der Waals surface area contributed by atoms with Gasteiger partial charge in [-0.2, -0.15) is 0 Å². The Bertz CT molecular complexity index is 633. The Kier molecular flexibility index (Phi) is 12.0. The Hall–Kier alpha value is -0.770. The second-order valence-corrected chi connectivity index (χ2v) is 8.05. The van der Waals surface area contributed by atoms with Crippen molar-refractivity contribution >= 4 is 39.1 Å². The number of halogens is 2. The van der Waals surface area contributed by atoms with E-state index in [0.717, 1.165) is 23.2 Å². The fourth-order valence-electron chi connectivity index (χ4n) is 3.07. The van der Waals surface area contributed by atoms with Gasteiger partial charge in [-0.05, 0) is 68.5 Å². The van der Waals surface area contributed by atoms with Crippen LogP contribution < -0.4 is 4.74 Å². The van der Waals surface area contributed by atoms with Gasteiger partial charge < -0.3 is 9.64 Å². The van der Waals surface area contributed by atoms with E-state index in [1.807, 2.05) is 0 Å². The van der Waals surface area contributed by atoms with Crippen molar-refractivity contribution in [1.29, 1.82) is 0 Å². The predicted molar refractivity (Wildman–Crippen MR) is 120 cm³/mol. The van der Waals surface area contributed by atoms with Gasteiger partial charge in [0.05, 0.1) is 6.61 Å². The molecule has 0 saturated carbocycles. The van der Waals surface area contributed by atoms with Crippen LogP contribution in [0.25, 0.3) is 10.8 Å². The summed E-state index contributed by atoms with van der Waals surface area (Å²) in [5, 5.41) is 2.47.